The van der Waals surface area contributed by atoms with E-state index in [0.717, 1.165) is 22.6 Å². The molecule has 1 unspecified atom stereocenters. The Hall–Kier alpha value is -3.39. The molecule has 2 aromatic heterocycles. The number of aromatic nitrogens is 4. The number of nitrogens with zero attached hydrogens (tertiary/aromatic N) is 4. The molecule has 34 heavy (non-hydrogen) atoms. The number of aryl methyl sites for hydroxylation is 2. The van der Waals surface area contributed by atoms with Gasteiger partial charge in [-0.2, -0.15) is 5.10 Å². The molecule has 176 valence electrons. The van der Waals surface area contributed by atoms with E-state index >= 15 is 0 Å². The summed E-state index contributed by atoms with van der Waals surface area (Å²) in [6.07, 6.45) is 0. The van der Waals surface area contributed by atoms with E-state index in [1.54, 1.807) is 15.3 Å². The molecule has 2 aromatic carbocycles. The summed E-state index contributed by atoms with van der Waals surface area (Å²) < 4.78 is 3.39. The number of hydrogen-bond acceptors (Lipinski definition) is 5. The number of thioether (sulfide) groups is 1. The Bertz CT molecular complexity index is 1440. The molecule has 4 rings (SSSR count). The minimum Gasteiger partial charge on any atom is -0.322 e. The zero-order chi connectivity index (χ0) is 24.6. The molecule has 1 amide bonds. The maximum atomic E-state index is 13.7. The summed E-state index contributed by atoms with van der Waals surface area (Å²) in [6.45, 7) is 9.80. The van der Waals surface area contributed by atoms with Crippen LogP contribution in [0.3, 0.4) is 0 Å². The Morgan fingerprint density at radius 2 is 1.71 bits per heavy atom. The molecule has 0 saturated heterocycles. The lowest BCUT2D eigenvalue weighted by molar-refractivity contribution is -0.115. The van der Waals surface area contributed by atoms with Gasteiger partial charge in [-0.05, 0) is 50.5 Å². The predicted molar refractivity (Wildman–Crippen MR) is 138 cm³/mol. The minimum absolute atomic E-state index is 0.146. The van der Waals surface area contributed by atoms with Crippen LogP contribution < -0.4 is 10.9 Å². The van der Waals surface area contributed by atoms with Crippen LogP contribution in [0.15, 0.2) is 58.5 Å². The molecule has 0 saturated carbocycles. The molecule has 4 aromatic rings. The predicted octanol–water partition coefficient (Wildman–Crippen LogP) is 4.98. The van der Waals surface area contributed by atoms with Crippen LogP contribution in [-0.4, -0.2) is 30.5 Å². The third-order valence-electron chi connectivity index (χ3n) is 5.95. The fourth-order valence-corrected chi connectivity index (χ4v) is 4.89. The van der Waals surface area contributed by atoms with Gasteiger partial charge < -0.3 is 5.32 Å². The van der Waals surface area contributed by atoms with Gasteiger partial charge in [0.25, 0.3) is 5.56 Å². The van der Waals surface area contributed by atoms with E-state index in [2.05, 4.69) is 24.3 Å². The Morgan fingerprint density at radius 1 is 1.03 bits per heavy atom. The third-order valence-corrected chi connectivity index (χ3v) is 7.01. The van der Waals surface area contributed by atoms with Gasteiger partial charge in [-0.15, -0.1) is 0 Å². The molecule has 1 atom stereocenters. The first-order chi connectivity index (χ1) is 16.2. The van der Waals surface area contributed by atoms with Crippen molar-refractivity contribution < 1.29 is 4.79 Å². The monoisotopic (exact) mass is 475 g/mol. The summed E-state index contributed by atoms with van der Waals surface area (Å²) in [5.41, 5.74) is 4.66. The number of rotatable bonds is 6. The van der Waals surface area contributed by atoms with Crippen molar-refractivity contribution in [2.45, 2.75) is 50.9 Å². The van der Waals surface area contributed by atoms with Gasteiger partial charge in [-0.25, -0.2) is 4.98 Å². The van der Waals surface area contributed by atoms with Crippen molar-refractivity contribution in [3.63, 3.8) is 0 Å². The maximum Gasteiger partial charge on any atom is 0.266 e. The average Bonchev–Trinajstić information content (AvgIpc) is 3.05. The van der Waals surface area contributed by atoms with Crippen LogP contribution in [-0.2, 0) is 11.8 Å². The second-order valence-corrected chi connectivity index (χ2v) is 9.99. The third kappa shape index (κ3) is 4.37. The maximum absolute atomic E-state index is 13.7. The highest BCUT2D eigenvalue weighted by atomic mass is 32.2. The van der Waals surface area contributed by atoms with Gasteiger partial charge in [0.1, 0.15) is 0 Å². The fraction of sp³-hybridized carbons (Fsp3) is 0.308. The average molecular weight is 476 g/mol. The number of benzene rings is 2. The number of hydrogen-bond donors (Lipinski definition) is 1. The molecular formula is C26H29N5O2S. The van der Waals surface area contributed by atoms with Crippen molar-refractivity contribution in [2.75, 3.05) is 5.32 Å². The van der Waals surface area contributed by atoms with Crippen LogP contribution in [0.5, 0.6) is 0 Å². The molecule has 0 spiro atoms. The summed E-state index contributed by atoms with van der Waals surface area (Å²) in [7, 11) is 1.85. The SMILES string of the molecule is Cc1nn(C)c(C)c1NC(=O)C(C)Sc1nc2ccccc2c(=O)n1-c1ccccc1C(C)C. The normalized spacial score (nSPS) is 12.3. The summed E-state index contributed by atoms with van der Waals surface area (Å²) >= 11 is 1.27. The topological polar surface area (TPSA) is 81.8 Å². The van der Waals surface area contributed by atoms with E-state index in [4.69, 9.17) is 4.98 Å². The molecule has 0 aliphatic rings. The van der Waals surface area contributed by atoms with Crippen LogP contribution in [0.2, 0.25) is 0 Å². The highest BCUT2D eigenvalue weighted by Gasteiger charge is 2.23. The molecule has 2 heterocycles. The minimum atomic E-state index is -0.496. The zero-order valence-corrected chi connectivity index (χ0v) is 21.1. The Labute approximate surface area is 203 Å². The number of fused-ring (bicyclic) bond motifs is 1. The van der Waals surface area contributed by atoms with Crippen molar-refractivity contribution in [1.29, 1.82) is 0 Å². The van der Waals surface area contributed by atoms with Gasteiger partial charge in [-0.1, -0.05) is 55.9 Å². The Balaban J connectivity index is 1.78. The second-order valence-electron chi connectivity index (χ2n) is 8.68. The molecule has 0 bridgehead atoms. The highest BCUT2D eigenvalue weighted by Crippen LogP contribution is 2.30. The molecule has 0 aliphatic carbocycles. The van der Waals surface area contributed by atoms with Crippen molar-refractivity contribution in [1.82, 2.24) is 19.3 Å². The summed E-state index contributed by atoms with van der Waals surface area (Å²) in [4.78, 5) is 31.6. The fourth-order valence-electron chi connectivity index (χ4n) is 3.97. The van der Waals surface area contributed by atoms with Gasteiger partial charge in [0.05, 0.1) is 38.9 Å². The smallest absolute Gasteiger partial charge is 0.266 e. The van der Waals surface area contributed by atoms with Crippen LogP contribution >= 0.6 is 11.8 Å². The lowest BCUT2D eigenvalue weighted by atomic mass is 10.0. The second kappa shape index (κ2) is 9.46. The number of anilines is 1. The Morgan fingerprint density at radius 3 is 2.38 bits per heavy atom. The van der Waals surface area contributed by atoms with E-state index < -0.39 is 5.25 Å². The summed E-state index contributed by atoms with van der Waals surface area (Å²) in [5.74, 6) is 0.0416. The largest absolute Gasteiger partial charge is 0.322 e. The molecule has 0 fully saturated rings. The lowest BCUT2D eigenvalue weighted by Gasteiger charge is -2.19. The molecule has 7 nitrogen and oxygen atoms in total. The van der Waals surface area contributed by atoms with Gasteiger partial charge >= 0.3 is 0 Å². The van der Waals surface area contributed by atoms with Crippen LogP contribution in [0, 0.1) is 13.8 Å². The van der Waals surface area contributed by atoms with Crippen LogP contribution in [0.25, 0.3) is 16.6 Å². The molecule has 8 heteroatoms. The van der Waals surface area contributed by atoms with Crippen molar-refractivity contribution in [2.24, 2.45) is 7.05 Å². The van der Waals surface area contributed by atoms with E-state index in [1.807, 2.05) is 70.3 Å². The summed E-state index contributed by atoms with van der Waals surface area (Å²) in [5, 5.41) is 7.91. The summed E-state index contributed by atoms with van der Waals surface area (Å²) in [6, 6.07) is 15.2. The number of carbonyl (C=O) groups excluding carboxylic acids is 1. The number of nitrogens with one attached hydrogen (secondary N) is 1. The van der Waals surface area contributed by atoms with Gasteiger partial charge in [0.2, 0.25) is 5.91 Å². The van der Waals surface area contributed by atoms with Crippen molar-refractivity contribution in [3.8, 4) is 5.69 Å². The van der Waals surface area contributed by atoms with Crippen LogP contribution in [0.4, 0.5) is 5.69 Å². The quantitative estimate of drug-likeness (QED) is 0.314. The standard InChI is InChI=1S/C26H29N5O2S/c1-15(2)19-11-8-10-14-22(19)31-25(33)20-12-7-9-13-21(20)27-26(31)34-18(5)24(32)28-23-16(3)29-30(6)17(23)4/h7-15,18H,1-6H3,(H,28,32). The van der Waals surface area contributed by atoms with E-state index in [9.17, 15) is 9.59 Å². The van der Waals surface area contributed by atoms with Crippen molar-refractivity contribution in [3.05, 3.63) is 75.8 Å². The van der Waals surface area contributed by atoms with Crippen molar-refractivity contribution >= 4 is 34.3 Å². The van der Waals surface area contributed by atoms with E-state index in [-0.39, 0.29) is 17.4 Å². The van der Waals surface area contributed by atoms with E-state index in [0.29, 0.717) is 21.7 Å². The first-order valence-electron chi connectivity index (χ1n) is 11.3. The van der Waals surface area contributed by atoms with Gasteiger partial charge in [0.15, 0.2) is 5.16 Å². The van der Waals surface area contributed by atoms with Gasteiger partial charge in [0, 0.05) is 7.05 Å². The molecule has 1 N–H and O–H groups in total. The van der Waals surface area contributed by atoms with Crippen LogP contribution in [0.1, 0.15) is 43.6 Å². The van der Waals surface area contributed by atoms with Gasteiger partial charge in [-0.3, -0.25) is 18.8 Å². The zero-order valence-electron chi connectivity index (χ0n) is 20.3. The molecule has 0 aliphatic heterocycles. The Kier molecular flexibility index (Phi) is 6.61. The highest BCUT2D eigenvalue weighted by molar-refractivity contribution is 8.00. The lowest BCUT2D eigenvalue weighted by Crippen LogP contribution is -2.27. The first kappa shape index (κ1) is 23.8. The molecule has 0 radical (unpaired) electrons. The number of carbonyl (C=O) groups is 1. The van der Waals surface area contributed by atoms with E-state index in [1.165, 1.54) is 11.8 Å². The number of para-hydroxylation sites is 2. The molecular weight excluding hydrogens is 446 g/mol. The number of amides is 1. The first-order valence-corrected chi connectivity index (χ1v) is 12.2.